The van der Waals surface area contributed by atoms with E-state index in [-0.39, 0.29) is 12.3 Å². The molecule has 21 heavy (non-hydrogen) atoms. The van der Waals surface area contributed by atoms with Gasteiger partial charge in [0.1, 0.15) is 12.3 Å². The van der Waals surface area contributed by atoms with E-state index in [1.54, 1.807) is 12.1 Å². The fourth-order valence-corrected chi connectivity index (χ4v) is 2.19. The molecule has 1 heterocycles. The highest BCUT2D eigenvalue weighted by Crippen LogP contribution is 2.12. The zero-order chi connectivity index (χ0) is 15.1. The quantitative estimate of drug-likeness (QED) is 0.832. The molecule has 0 atom stereocenters. The van der Waals surface area contributed by atoms with Gasteiger partial charge in [-0.2, -0.15) is 0 Å². The van der Waals surface area contributed by atoms with Crippen LogP contribution in [0.2, 0.25) is 0 Å². The molecule has 5 nitrogen and oxygen atoms in total. The van der Waals surface area contributed by atoms with E-state index >= 15 is 0 Å². The lowest BCUT2D eigenvalue weighted by molar-refractivity contribution is -0.132. The molecule has 2 N–H and O–H groups in total. The first-order chi connectivity index (χ1) is 10.1. The molecule has 0 unspecified atom stereocenters. The molecule has 2 rings (SSSR count). The van der Waals surface area contributed by atoms with Crippen LogP contribution in [-0.2, 0) is 16.1 Å². The minimum Gasteiger partial charge on any atom is -0.477 e. The van der Waals surface area contributed by atoms with Gasteiger partial charge in [0, 0.05) is 4.88 Å². The third-order valence-corrected chi connectivity index (χ3v) is 3.33. The molecule has 1 amide bonds. The molecule has 2 aromatic rings. The molecule has 0 spiro atoms. The van der Waals surface area contributed by atoms with Crippen LogP contribution in [0.15, 0.2) is 53.5 Å². The molecule has 1 aromatic carbocycles. The number of hydrogen-bond acceptors (Lipinski definition) is 4. The summed E-state index contributed by atoms with van der Waals surface area (Å²) in [6.07, 6.45) is 0.584. The highest BCUT2D eigenvalue weighted by atomic mass is 32.1. The molecule has 0 aliphatic rings. The van der Waals surface area contributed by atoms with Crippen LogP contribution in [-0.4, -0.2) is 17.2 Å². The van der Waals surface area contributed by atoms with Gasteiger partial charge in [-0.1, -0.05) is 36.4 Å². The molecule has 0 radical (unpaired) electrons. The zero-order valence-electron chi connectivity index (χ0n) is 11.0. The average molecular weight is 303 g/mol. The predicted octanol–water partition coefficient (Wildman–Crippen LogP) is 3.10. The number of ether oxygens (including phenoxy) is 1. The Balaban J connectivity index is 1.94. The van der Waals surface area contributed by atoms with E-state index in [1.165, 1.54) is 17.4 Å². The highest BCUT2D eigenvalue weighted by Gasteiger charge is 2.12. The fraction of sp³-hybridized carbons (Fsp3) is 0.0667. The second kappa shape index (κ2) is 7.25. The smallest absolute Gasteiger partial charge is 0.412 e. The first-order valence-electron chi connectivity index (χ1n) is 6.11. The van der Waals surface area contributed by atoms with Crippen LogP contribution in [0.5, 0.6) is 0 Å². The van der Waals surface area contributed by atoms with Crippen molar-refractivity contribution in [2.45, 2.75) is 6.61 Å². The van der Waals surface area contributed by atoms with Gasteiger partial charge in [0.05, 0.1) is 0 Å². The third kappa shape index (κ3) is 4.77. The first-order valence-corrected chi connectivity index (χ1v) is 6.99. The number of aliphatic carboxylic acids is 1. The van der Waals surface area contributed by atoms with E-state index in [0.717, 1.165) is 10.4 Å². The Bertz CT molecular complexity index is 635. The van der Waals surface area contributed by atoms with Gasteiger partial charge in [-0.3, -0.25) is 5.32 Å². The van der Waals surface area contributed by atoms with Gasteiger partial charge in [-0.05, 0) is 23.1 Å². The van der Waals surface area contributed by atoms with E-state index in [2.05, 4.69) is 5.32 Å². The molecule has 0 saturated heterocycles. The Morgan fingerprint density at radius 2 is 1.95 bits per heavy atom. The summed E-state index contributed by atoms with van der Waals surface area (Å²) < 4.78 is 4.98. The number of carboxylic acids is 1. The number of amides is 1. The van der Waals surface area contributed by atoms with Crippen molar-refractivity contribution in [3.05, 3.63) is 64.0 Å². The lowest BCUT2D eigenvalue weighted by Crippen LogP contribution is -2.27. The summed E-state index contributed by atoms with van der Waals surface area (Å²) in [4.78, 5) is 23.5. The standard InChI is InChI=1S/C15H13NO4S/c17-14(18)13(9-12-7-4-8-21-12)16-15(19)20-10-11-5-2-1-3-6-11/h1-9H,10H2,(H,16,19)(H,17,18)/b13-9+. The SMILES string of the molecule is O=C(N/C(=C/c1cccs1)C(=O)O)OCc1ccccc1. The van der Waals surface area contributed by atoms with Crippen molar-refractivity contribution in [2.75, 3.05) is 0 Å². The van der Waals surface area contributed by atoms with Crippen molar-refractivity contribution in [1.29, 1.82) is 0 Å². The van der Waals surface area contributed by atoms with Gasteiger partial charge in [-0.25, -0.2) is 9.59 Å². The van der Waals surface area contributed by atoms with Crippen molar-refractivity contribution in [3.8, 4) is 0 Å². The monoisotopic (exact) mass is 303 g/mol. The Kier molecular flexibility index (Phi) is 5.11. The molecular weight excluding hydrogens is 290 g/mol. The maximum atomic E-state index is 11.6. The van der Waals surface area contributed by atoms with E-state index in [4.69, 9.17) is 9.84 Å². The van der Waals surface area contributed by atoms with E-state index in [1.807, 2.05) is 35.7 Å². The lowest BCUT2D eigenvalue weighted by Gasteiger charge is -2.07. The number of carbonyl (C=O) groups excluding carboxylic acids is 1. The summed E-state index contributed by atoms with van der Waals surface area (Å²) in [5.74, 6) is -1.22. The van der Waals surface area contributed by atoms with Gasteiger partial charge in [0.2, 0.25) is 0 Å². The molecule has 0 saturated carbocycles. The summed E-state index contributed by atoms with van der Waals surface area (Å²) in [6.45, 7) is 0.0819. The molecule has 1 aromatic heterocycles. The number of carboxylic acid groups (broad SMARTS) is 1. The summed E-state index contributed by atoms with van der Waals surface area (Å²) in [5.41, 5.74) is 0.599. The number of rotatable bonds is 5. The number of thiophene rings is 1. The van der Waals surface area contributed by atoms with Crippen molar-refractivity contribution < 1.29 is 19.4 Å². The summed E-state index contributed by atoms with van der Waals surface area (Å²) in [6, 6.07) is 12.7. The topological polar surface area (TPSA) is 75.6 Å². The van der Waals surface area contributed by atoms with E-state index < -0.39 is 12.1 Å². The van der Waals surface area contributed by atoms with Crippen LogP contribution in [0, 0.1) is 0 Å². The van der Waals surface area contributed by atoms with E-state index in [0.29, 0.717) is 0 Å². The van der Waals surface area contributed by atoms with Gasteiger partial charge < -0.3 is 9.84 Å². The predicted molar refractivity (Wildman–Crippen MR) is 79.7 cm³/mol. The lowest BCUT2D eigenvalue weighted by atomic mass is 10.2. The van der Waals surface area contributed by atoms with Crippen molar-refractivity contribution >= 4 is 29.5 Å². The van der Waals surface area contributed by atoms with Crippen LogP contribution in [0.1, 0.15) is 10.4 Å². The van der Waals surface area contributed by atoms with Crippen molar-refractivity contribution in [1.82, 2.24) is 5.32 Å². The van der Waals surface area contributed by atoms with Crippen LogP contribution >= 0.6 is 11.3 Å². The maximum Gasteiger partial charge on any atom is 0.412 e. The second-order valence-electron chi connectivity index (χ2n) is 4.07. The first kappa shape index (κ1) is 14.8. The van der Waals surface area contributed by atoms with Crippen molar-refractivity contribution in [2.24, 2.45) is 0 Å². The molecule has 0 bridgehead atoms. The van der Waals surface area contributed by atoms with Crippen LogP contribution in [0.25, 0.3) is 6.08 Å². The fourth-order valence-electron chi connectivity index (χ4n) is 1.54. The van der Waals surface area contributed by atoms with E-state index in [9.17, 15) is 9.59 Å². The minimum absolute atomic E-state index is 0.0819. The number of hydrogen-bond donors (Lipinski definition) is 2. The number of nitrogens with one attached hydrogen (secondary N) is 1. The normalized spacial score (nSPS) is 11.0. The number of alkyl carbamates (subject to hydrolysis) is 1. The Hall–Kier alpha value is -2.60. The van der Waals surface area contributed by atoms with Gasteiger partial charge in [0.15, 0.2) is 0 Å². The average Bonchev–Trinajstić information content (AvgIpc) is 2.98. The number of benzene rings is 1. The van der Waals surface area contributed by atoms with Gasteiger partial charge in [-0.15, -0.1) is 11.3 Å². The summed E-state index contributed by atoms with van der Waals surface area (Å²) >= 11 is 1.37. The molecule has 108 valence electrons. The molecule has 6 heteroatoms. The highest BCUT2D eigenvalue weighted by molar-refractivity contribution is 7.10. The zero-order valence-corrected chi connectivity index (χ0v) is 11.8. The van der Waals surface area contributed by atoms with Crippen LogP contribution in [0.3, 0.4) is 0 Å². The Labute approximate surface area is 125 Å². The van der Waals surface area contributed by atoms with Gasteiger partial charge >= 0.3 is 12.1 Å². The summed E-state index contributed by atoms with van der Waals surface area (Å²) in [5, 5.41) is 13.1. The molecule has 0 aliphatic carbocycles. The van der Waals surface area contributed by atoms with Crippen LogP contribution < -0.4 is 5.32 Å². The third-order valence-electron chi connectivity index (χ3n) is 2.51. The minimum atomic E-state index is -1.22. The number of carbonyl (C=O) groups is 2. The van der Waals surface area contributed by atoms with Crippen molar-refractivity contribution in [3.63, 3.8) is 0 Å². The second-order valence-corrected chi connectivity index (χ2v) is 5.04. The van der Waals surface area contributed by atoms with Crippen LogP contribution in [0.4, 0.5) is 4.79 Å². The molecular formula is C15H13NO4S. The Morgan fingerprint density at radius 1 is 1.19 bits per heavy atom. The largest absolute Gasteiger partial charge is 0.477 e. The van der Waals surface area contributed by atoms with Gasteiger partial charge in [0.25, 0.3) is 0 Å². The summed E-state index contributed by atoms with van der Waals surface area (Å²) in [7, 11) is 0. The molecule has 0 aliphatic heterocycles. The molecule has 0 fully saturated rings. The Morgan fingerprint density at radius 3 is 2.57 bits per heavy atom. The maximum absolute atomic E-state index is 11.6.